The number of aromatic amines is 1. The Kier molecular flexibility index (Phi) is 9.04. The van der Waals surface area contributed by atoms with Gasteiger partial charge in [0, 0.05) is 32.6 Å². The summed E-state index contributed by atoms with van der Waals surface area (Å²) >= 11 is 6.98. The Morgan fingerprint density at radius 3 is 2.59 bits per heavy atom. The Hall–Kier alpha value is -3.54. The highest BCUT2D eigenvalue weighted by Crippen LogP contribution is 2.35. The zero-order valence-corrected chi connectivity index (χ0v) is 23.4. The predicted octanol–water partition coefficient (Wildman–Crippen LogP) is 6.94. The van der Waals surface area contributed by atoms with Gasteiger partial charge in [-0.1, -0.05) is 62.2 Å². The maximum atomic E-state index is 12.8. The molecule has 0 unspecified atom stereocenters. The fourth-order valence-corrected chi connectivity index (χ4v) is 4.53. The molecular formula is C29H25Br2N3O3. The molecule has 4 rings (SSSR count). The molecule has 0 saturated carbocycles. The van der Waals surface area contributed by atoms with Crippen LogP contribution in [0.3, 0.4) is 0 Å². The first-order valence-electron chi connectivity index (χ1n) is 11.8. The number of fused-ring (bicyclic) bond motifs is 1. The van der Waals surface area contributed by atoms with Crippen LogP contribution in [0.5, 0.6) is 11.5 Å². The molecule has 188 valence electrons. The van der Waals surface area contributed by atoms with Gasteiger partial charge in [-0.25, -0.2) is 0 Å². The van der Waals surface area contributed by atoms with Crippen molar-refractivity contribution in [2.45, 2.75) is 20.0 Å². The van der Waals surface area contributed by atoms with Crippen molar-refractivity contribution in [2.24, 2.45) is 0 Å². The number of para-hydroxylation sites is 1. The Balaban J connectivity index is 1.45. The third kappa shape index (κ3) is 6.82. The van der Waals surface area contributed by atoms with Crippen LogP contribution in [0.15, 0.2) is 81.4 Å². The van der Waals surface area contributed by atoms with Gasteiger partial charge >= 0.3 is 0 Å². The lowest BCUT2D eigenvalue weighted by molar-refractivity contribution is -0.117. The normalized spacial score (nSPS) is 11.2. The number of amides is 1. The third-order valence-corrected chi connectivity index (χ3v) is 6.91. The van der Waals surface area contributed by atoms with Gasteiger partial charge < -0.3 is 19.8 Å². The maximum Gasteiger partial charge on any atom is 0.261 e. The summed E-state index contributed by atoms with van der Waals surface area (Å²) in [6.07, 6.45) is 4.15. The Labute approximate surface area is 232 Å². The summed E-state index contributed by atoms with van der Waals surface area (Å²) in [5.74, 6) is 0.671. The first-order valence-corrected chi connectivity index (χ1v) is 13.4. The van der Waals surface area contributed by atoms with E-state index in [0.29, 0.717) is 47.7 Å². The fourth-order valence-electron chi connectivity index (χ4n) is 3.83. The molecule has 0 saturated heterocycles. The number of halogens is 2. The highest BCUT2D eigenvalue weighted by Gasteiger charge is 2.14. The van der Waals surface area contributed by atoms with Crippen LogP contribution in [-0.2, 0) is 17.8 Å². The summed E-state index contributed by atoms with van der Waals surface area (Å²) < 4.78 is 13.5. The number of carbonyl (C=O) groups is 1. The molecule has 2 N–H and O–H groups in total. The van der Waals surface area contributed by atoms with Crippen LogP contribution in [0.1, 0.15) is 23.6 Å². The van der Waals surface area contributed by atoms with Gasteiger partial charge in [0.05, 0.1) is 6.61 Å². The summed E-state index contributed by atoms with van der Waals surface area (Å²) in [6, 6.07) is 21.5. The summed E-state index contributed by atoms with van der Waals surface area (Å²) in [7, 11) is 0. The fraction of sp³-hybridized carbons (Fsp3) is 0.172. The average Bonchev–Trinajstić information content (AvgIpc) is 3.32. The lowest BCUT2D eigenvalue weighted by Crippen LogP contribution is -2.26. The van der Waals surface area contributed by atoms with E-state index in [1.54, 1.807) is 18.2 Å². The molecule has 0 spiro atoms. The van der Waals surface area contributed by atoms with E-state index in [1.807, 2.05) is 67.7 Å². The maximum absolute atomic E-state index is 12.8. The van der Waals surface area contributed by atoms with E-state index < -0.39 is 5.91 Å². The standard InChI is InChI=1S/C29H25Br2N3O3/c1-2-36-27-14-21(25(31)15-28(27)37-18-19-7-9-23(30)10-8-19)13-22(16-32)29(35)33-12-11-20-17-34-26-6-4-3-5-24(20)26/h3-10,13-15,17,34H,2,11-12,18H2,1H3,(H,33,35)/b22-13-. The van der Waals surface area contributed by atoms with E-state index in [9.17, 15) is 10.1 Å². The predicted molar refractivity (Wildman–Crippen MR) is 152 cm³/mol. The molecule has 0 aliphatic heterocycles. The highest BCUT2D eigenvalue weighted by molar-refractivity contribution is 9.10. The number of benzene rings is 3. The summed E-state index contributed by atoms with van der Waals surface area (Å²) in [6.45, 7) is 3.11. The molecule has 37 heavy (non-hydrogen) atoms. The molecule has 0 bridgehead atoms. The van der Waals surface area contributed by atoms with Gasteiger partial charge in [0.15, 0.2) is 11.5 Å². The van der Waals surface area contributed by atoms with E-state index in [4.69, 9.17) is 9.47 Å². The van der Waals surface area contributed by atoms with Crippen LogP contribution >= 0.6 is 31.9 Å². The minimum Gasteiger partial charge on any atom is -0.490 e. The van der Waals surface area contributed by atoms with Gasteiger partial charge in [0.1, 0.15) is 18.2 Å². The summed E-state index contributed by atoms with van der Waals surface area (Å²) in [4.78, 5) is 16.0. The zero-order valence-electron chi connectivity index (χ0n) is 20.2. The van der Waals surface area contributed by atoms with E-state index in [2.05, 4.69) is 42.2 Å². The van der Waals surface area contributed by atoms with Crippen molar-refractivity contribution in [3.63, 3.8) is 0 Å². The van der Waals surface area contributed by atoms with E-state index in [0.717, 1.165) is 26.5 Å². The topological polar surface area (TPSA) is 87.1 Å². The number of nitrogens with zero attached hydrogens (tertiary/aromatic N) is 1. The molecule has 4 aromatic rings. The lowest BCUT2D eigenvalue weighted by atomic mass is 10.1. The van der Waals surface area contributed by atoms with Crippen molar-refractivity contribution in [3.05, 3.63) is 98.1 Å². The molecule has 1 aromatic heterocycles. The van der Waals surface area contributed by atoms with Crippen LogP contribution in [-0.4, -0.2) is 24.0 Å². The first-order chi connectivity index (χ1) is 18.0. The number of carbonyl (C=O) groups excluding carboxylic acids is 1. The minimum atomic E-state index is -0.428. The van der Waals surface area contributed by atoms with Gasteiger partial charge in [-0.15, -0.1) is 0 Å². The third-order valence-electron chi connectivity index (χ3n) is 5.69. The van der Waals surface area contributed by atoms with Crippen molar-refractivity contribution < 1.29 is 14.3 Å². The van der Waals surface area contributed by atoms with E-state index >= 15 is 0 Å². The molecule has 3 aromatic carbocycles. The molecule has 1 amide bonds. The molecule has 8 heteroatoms. The number of ether oxygens (including phenoxy) is 2. The van der Waals surface area contributed by atoms with Crippen molar-refractivity contribution in [1.82, 2.24) is 10.3 Å². The number of nitriles is 1. The quantitative estimate of drug-likeness (QED) is 0.148. The SMILES string of the molecule is CCOc1cc(/C=C(/C#N)C(=O)NCCc2c[nH]c3ccccc23)c(Br)cc1OCc1ccc(Br)cc1. The van der Waals surface area contributed by atoms with Crippen LogP contribution in [0.4, 0.5) is 0 Å². The summed E-state index contributed by atoms with van der Waals surface area (Å²) in [5.41, 5.74) is 3.83. The molecular weight excluding hydrogens is 598 g/mol. The minimum absolute atomic E-state index is 0.00519. The van der Waals surface area contributed by atoms with Gasteiger partial charge in [-0.05, 0) is 66.4 Å². The highest BCUT2D eigenvalue weighted by atomic mass is 79.9. The molecule has 0 aliphatic rings. The lowest BCUT2D eigenvalue weighted by Gasteiger charge is -2.14. The van der Waals surface area contributed by atoms with E-state index in [1.165, 1.54) is 0 Å². The molecule has 1 heterocycles. The van der Waals surface area contributed by atoms with Crippen molar-refractivity contribution in [3.8, 4) is 17.6 Å². The van der Waals surface area contributed by atoms with Crippen LogP contribution in [0.25, 0.3) is 17.0 Å². The molecule has 0 fully saturated rings. The molecule has 6 nitrogen and oxygen atoms in total. The zero-order chi connectivity index (χ0) is 26.2. The Morgan fingerprint density at radius 1 is 1.08 bits per heavy atom. The molecule has 0 radical (unpaired) electrons. The summed E-state index contributed by atoms with van der Waals surface area (Å²) in [5, 5.41) is 13.7. The van der Waals surface area contributed by atoms with Gasteiger partial charge in [-0.3, -0.25) is 4.79 Å². The number of aromatic nitrogens is 1. The second kappa shape index (κ2) is 12.6. The van der Waals surface area contributed by atoms with Crippen LogP contribution in [0.2, 0.25) is 0 Å². The van der Waals surface area contributed by atoms with Crippen LogP contribution < -0.4 is 14.8 Å². The van der Waals surface area contributed by atoms with E-state index in [-0.39, 0.29) is 5.57 Å². The average molecular weight is 623 g/mol. The van der Waals surface area contributed by atoms with Crippen LogP contribution in [0, 0.1) is 11.3 Å². The second-order valence-corrected chi connectivity index (χ2v) is 9.97. The van der Waals surface area contributed by atoms with Crippen molar-refractivity contribution in [2.75, 3.05) is 13.2 Å². The number of H-pyrrole nitrogens is 1. The van der Waals surface area contributed by atoms with Gasteiger partial charge in [-0.2, -0.15) is 5.26 Å². The number of hydrogen-bond donors (Lipinski definition) is 2. The molecule has 0 aliphatic carbocycles. The Bertz CT molecular complexity index is 1470. The van der Waals surface area contributed by atoms with Gasteiger partial charge in [0.2, 0.25) is 0 Å². The largest absolute Gasteiger partial charge is 0.490 e. The molecule has 0 atom stereocenters. The number of nitrogens with one attached hydrogen (secondary N) is 2. The van der Waals surface area contributed by atoms with Crippen molar-refractivity contribution >= 4 is 54.7 Å². The smallest absolute Gasteiger partial charge is 0.261 e. The Morgan fingerprint density at radius 2 is 1.84 bits per heavy atom. The number of rotatable bonds is 10. The van der Waals surface area contributed by atoms with Gasteiger partial charge in [0.25, 0.3) is 5.91 Å². The monoisotopic (exact) mass is 621 g/mol. The second-order valence-electron chi connectivity index (χ2n) is 8.20. The van der Waals surface area contributed by atoms with Crippen molar-refractivity contribution in [1.29, 1.82) is 5.26 Å². The first kappa shape index (κ1) is 26.5. The number of hydrogen-bond acceptors (Lipinski definition) is 4.